The van der Waals surface area contributed by atoms with Gasteiger partial charge in [-0.15, -0.1) is 0 Å². The van der Waals surface area contributed by atoms with Gasteiger partial charge < -0.3 is 14.2 Å². The number of carbonyl (C=O) groups excluding carboxylic acids is 1. The largest absolute Gasteiger partial charge is 0.438 e. The summed E-state index contributed by atoms with van der Waals surface area (Å²) in [4.78, 5) is 48.1. The van der Waals surface area contributed by atoms with Crippen molar-refractivity contribution in [3.05, 3.63) is 139 Å². The van der Waals surface area contributed by atoms with Crippen molar-refractivity contribution >= 4 is 26.5 Å². The Morgan fingerprint density at radius 2 is 1.68 bits per heavy atom. The highest BCUT2D eigenvalue weighted by molar-refractivity contribution is 7.94. The minimum absolute atomic E-state index is 0.0127. The van der Waals surface area contributed by atoms with Crippen LogP contribution in [0, 0.1) is 31.4 Å². The number of aryl methyl sites for hydroxylation is 2. The van der Waals surface area contributed by atoms with Gasteiger partial charge in [0.1, 0.15) is 22.9 Å². The first-order chi connectivity index (χ1) is 33.8. The molecule has 7 aromatic rings. The van der Waals surface area contributed by atoms with Crippen LogP contribution in [-0.2, 0) is 26.4 Å². The van der Waals surface area contributed by atoms with E-state index in [1.54, 1.807) is 47.8 Å². The molecule has 5 atom stereocenters. The monoisotopic (exact) mass is 987 g/mol. The fraction of sp³-hybridized carbons (Fsp3) is 0.453. The number of ether oxygens (including phenoxy) is 1. The highest BCUT2D eigenvalue weighted by atomic mass is 32.2. The van der Waals surface area contributed by atoms with Crippen LogP contribution < -0.4 is 11.4 Å². The number of hydrogen-bond acceptors (Lipinski definition) is 9. The van der Waals surface area contributed by atoms with E-state index in [0.29, 0.717) is 69.8 Å². The maximum atomic E-state index is 17.1. The van der Waals surface area contributed by atoms with Crippen LogP contribution in [0.15, 0.2) is 84.3 Å². The van der Waals surface area contributed by atoms with Crippen LogP contribution in [0.25, 0.3) is 28.1 Å². The average Bonchev–Trinajstić information content (AvgIpc) is 4.07. The van der Waals surface area contributed by atoms with E-state index in [1.165, 1.54) is 28.4 Å². The summed E-state index contributed by atoms with van der Waals surface area (Å²) in [5.41, 5.74) is 3.34. The first-order valence-corrected chi connectivity index (χ1v) is 26.2. The standard InChI is InChI=1S/C53H59F2N9O6S/c1-28(2)43-42(71(68,56-9)37-11-12-37)15-14-40(46(43)55)61-19-20-62(51(61)67)47-44-32(6)60(18-16-38(44)58-64(47)36-22-29(3)45(54)30(4)23-36)48(65)41-25-35-24-33(34-17-21-69-52(7,8)27-34)10-13-39(35)63(41)53(26-31(53)5)49-57-50(66)70-59-49/h10,13-15,19-20,22-25,28,31-32,34,37H,11-12,16-18,21,26-27H2,1-9H3,(H,57,59,66)/t31-,32-,34-,53-,71-/m0/s1. The van der Waals surface area contributed by atoms with E-state index >= 15 is 18.4 Å². The molecule has 0 unspecified atom stereocenters. The number of halogens is 2. The first-order valence-electron chi connectivity index (χ1n) is 24.6. The van der Waals surface area contributed by atoms with E-state index in [2.05, 4.69) is 53.5 Å². The highest BCUT2D eigenvalue weighted by Crippen LogP contribution is 2.56. The van der Waals surface area contributed by atoms with E-state index in [9.17, 15) is 9.00 Å². The van der Waals surface area contributed by atoms with Crippen molar-refractivity contribution in [2.24, 2.45) is 10.3 Å². The maximum Gasteiger partial charge on any atom is 0.438 e. The Morgan fingerprint density at radius 3 is 2.31 bits per heavy atom. The Balaban J connectivity index is 1.05. The Morgan fingerprint density at radius 1 is 0.958 bits per heavy atom. The summed E-state index contributed by atoms with van der Waals surface area (Å²) in [6.45, 7) is 16.1. The lowest BCUT2D eigenvalue weighted by Crippen LogP contribution is -2.41. The molecule has 2 aliphatic heterocycles. The molecule has 2 saturated carbocycles. The Kier molecular flexibility index (Phi) is 11.0. The third kappa shape index (κ3) is 7.32. The molecule has 1 amide bonds. The second-order valence-electron chi connectivity index (χ2n) is 21.1. The highest BCUT2D eigenvalue weighted by Gasteiger charge is 2.59. The molecule has 0 bridgehead atoms. The lowest BCUT2D eigenvalue weighted by atomic mass is 9.83. The number of fused-ring (bicyclic) bond motifs is 2. The minimum Gasteiger partial charge on any atom is -0.376 e. The SMILES string of the molecule is CN=[S@@](=O)(c1ccc(-n2ccn(-c3c4c(nn3-c3cc(C)c(F)c(C)c3)CCN(C(=O)c3cc5cc([C@H]6CCOC(C)(C)C6)ccc5n3[C@@]3(c5noc(=O)[nH]5)C[C@@H]3C)[C@H]4C)c2=O)c(F)c1C(C)C)C1CC1. The van der Waals surface area contributed by atoms with Crippen LogP contribution in [-0.4, -0.2) is 79.7 Å². The van der Waals surface area contributed by atoms with Gasteiger partial charge in [0, 0.05) is 66.3 Å². The third-order valence-corrected chi connectivity index (χ3v) is 18.5. The van der Waals surface area contributed by atoms with E-state index in [0.717, 1.165) is 42.1 Å². The van der Waals surface area contributed by atoms with Crippen molar-refractivity contribution in [1.29, 1.82) is 0 Å². The zero-order chi connectivity index (χ0) is 50.2. The first kappa shape index (κ1) is 47.0. The topological polar surface area (TPSA) is 168 Å². The molecular weight excluding hydrogens is 929 g/mol. The summed E-state index contributed by atoms with van der Waals surface area (Å²) in [6.07, 6.45) is 7.17. The van der Waals surface area contributed by atoms with E-state index in [-0.39, 0.29) is 58.1 Å². The molecule has 2 aliphatic carbocycles. The predicted octanol–water partition coefficient (Wildman–Crippen LogP) is 9.30. The van der Waals surface area contributed by atoms with Gasteiger partial charge >= 0.3 is 11.4 Å². The van der Waals surface area contributed by atoms with Gasteiger partial charge in [0.25, 0.3) is 5.91 Å². The minimum atomic E-state index is -2.89. The second kappa shape index (κ2) is 16.6. The van der Waals surface area contributed by atoms with E-state index in [1.807, 2.05) is 31.4 Å². The molecule has 1 N–H and O–H groups in total. The van der Waals surface area contributed by atoms with E-state index in [4.69, 9.17) is 14.4 Å². The number of H-pyrrole nitrogens is 1. The van der Waals surface area contributed by atoms with Gasteiger partial charge in [0.05, 0.1) is 43.3 Å². The molecule has 6 heterocycles. The molecule has 4 aromatic heterocycles. The van der Waals surface area contributed by atoms with Crippen molar-refractivity contribution in [3.63, 3.8) is 0 Å². The molecule has 372 valence electrons. The average molecular weight is 988 g/mol. The Labute approximate surface area is 410 Å². The number of benzene rings is 3. The van der Waals surface area contributed by atoms with Crippen molar-refractivity contribution in [2.45, 2.75) is 133 Å². The molecule has 11 rings (SSSR count). The van der Waals surface area contributed by atoms with Crippen molar-refractivity contribution in [1.82, 2.24) is 38.5 Å². The summed E-state index contributed by atoms with van der Waals surface area (Å²) in [7, 11) is -1.38. The van der Waals surface area contributed by atoms with Crippen LogP contribution in [0.2, 0.25) is 0 Å². The van der Waals surface area contributed by atoms with Crippen molar-refractivity contribution in [2.75, 3.05) is 20.2 Å². The molecule has 0 radical (unpaired) electrons. The molecule has 3 aromatic carbocycles. The predicted molar refractivity (Wildman–Crippen MR) is 265 cm³/mol. The molecule has 0 spiro atoms. The number of carbonyl (C=O) groups is 1. The number of hydrogen-bond donors (Lipinski definition) is 1. The zero-order valence-corrected chi connectivity index (χ0v) is 42.3. The summed E-state index contributed by atoms with van der Waals surface area (Å²) in [6, 6.07) is 14.1. The van der Waals surface area contributed by atoms with Crippen LogP contribution in [0.3, 0.4) is 0 Å². The van der Waals surface area contributed by atoms with Gasteiger partial charge in [-0.1, -0.05) is 32.0 Å². The molecule has 3 fully saturated rings. The summed E-state index contributed by atoms with van der Waals surface area (Å²) in [5.74, 6) is -1.46. The van der Waals surface area contributed by atoms with Crippen LogP contribution in [0.1, 0.15) is 141 Å². The number of nitrogens with zero attached hydrogens (tertiary/aromatic N) is 8. The number of rotatable bonds is 10. The lowest BCUT2D eigenvalue weighted by Gasteiger charge is -2.35. The van der Waals surface area contributed by atoms with E-state index < -0.39 is 38.6 Å². The summed E-state index contributed by atoms with van der Waals surface area (Å²) < 4.78 is 68.3. The summed E-state index contributed by atoms with van der Waals surface area (Å²) in [5, 5.41) is 10.0. The van der Waals surface area contributed by atoms with Crippen LogP contribution in [0.5, 0.6) is 0 Å². The third-order valence-electron chi connectivity index (χ3n) is 15.6. The van der Waals surface area contributed by atoms with Gasteiger partial charge in [-0.2, -0.15) is 5.10 Å². The Bertz CT molecular complexity index is 3580. The van der Waals surface area contributed by atoms with Crippen LogP contribution in [0.4, 0.5) is 8.78 Å². The smallest absolute Gasteiger partial charge is 0.376 e. The van der Waals surface area contributed by atoms with Gasteiger partial charge in [-0.3, -0.25) is 23.4 Å². The van der Waals surface area contributed by atoms with Gasteiger partial charge in [0.15, 0.2) is 11.6 Å². The molecule has 1 saturated heterocycles. The lowest BCUT2D eigenvalue weighted by molar-refractivity contribution is -0.0592. The molecule has 71 heavy (non-hydrogen) atoms. The molecular formula is C53H59F2N9O6S. The number of aromatic amines is 1. The number of amides is 1. The number of nitrogens with one attached hydrogen (secondary N) is 1. The van der Waals surface area contributed by atoms with Crippen molar-refractivity contribution in [3.8, 4) is 17.2 Å². The molecule has 18 heteroatoms. The molecule has 15 nitrogen and oxygen atoms in total. The van der Waals surface area contributed by atoms with Gasteiger partial charge in [-0.25, -0.2) is 31.6 Å². The fourth-order valence-electron chi connectivity index (χ4n) is 11.8. The fourth-order valence-corrected chi connectivity index (χ4v) is 14.3. The van der Waals surface area contributed by atoms with Crippen LogP contribution >= 0.6 is 0 Å². The second-order valence-corrected chi connectivity index (χ2v) is 23.7. The zero-order valence-electron chi connectivity index (χ0n) is 41.5. The normalized spacial score (nSPS) is 22.8. The van der Waals surface area contributed by atoms with Crippen molar-refractivity contribution < 1.29 is 27.0 Å². The maximum absolute atomic E-state index is 17.1. The van der Waals surface area contributed by atoms with Gasteiger partial charge in [-0.05, 0) is 144 Å². The number of imidazole rings is 1. The quantitative estimate of drug-likeness (QED) is 0.142. The number of aromatic nitrogens is 7. The Hall–Kier alpha value is -6.40. The molecule has 4 aliphatic rings. The van der Waals surface area contributed by atoms with Gasteiger partial charge in [0.2, 0.25) is 0 Å². The summed E-state index contributed by atoms with van der Waals surface area (Å²) >= 11 is 0.